The maximum atomic E-state index is 13.8. The van der Waals surface area contributed by atoms with E-state index < -0.39 is 35.5 Å². The summed E-state index contributed by atoms with van der Waals surface area (Å²) in [5.41, 5.74) is 4.89. The van der Waals surface area contributed by atoms with Crippen molar-refractivity contribution in [1.29, 1.82) is 0 Å². The van der Waals surface area contributed by atoms with Crippen LogP contribution in [-0.4, -0.2) is 35.5 Å². The predicted octanol–water partition coefficient (Wildman–Crippen LogP) is 3.51. The number of alkyl halides is 3. The second kappa shape index (κ2) is 8.86. The Morgan fingerprint density at radius 3 is 2.65 bits per heavy atom. The van der Waals surface area contributed by atoms with E-state index in [2.05, 4.69) is 20.0 Å². The lowest BCUT2D eigenvalue weighted by molar-refractivity contribution is -0.139. The molecule has 2 aromatic heterocycles. The molecule has 12 heteroatoms. The monoisotopic (exact) mass is 456 g/mol. The zero-order valence-corrected chi connectivity index (χ0v) is 16.7. The Balaban J connectivity index is 1.76. The molecule has 1 atom stereocenters. The SMILES string of the molecule is COC(=O)c1csc([C@@H](CN)NC(=O)c2ccc(-c3ccc(C(F)(F)F)c(F)c3)[nH]2)n1. The number of carbonyl (C=O) groups excluding carboxylic acids is 2. The van der Waals surface area contributed by atoms with E-state index in [4.69, 9.17) is 5.73 Å². The van der Waals surface area contributed by atoms with Crippen LogP contribution < -0.4 is 11.1 Å². The van der Waals surface area contributed by atoms with E-state index in [1.165, 1.54) is 24.6 Å². The predicted molar refractivity (Wildman–Crippen MR) is 104 cm³/mol. The van der Waals surface area contributed by atoms with Crippen molar-refractivity contribution in [3.05, 3.63) is 63.5 Å². The first-order valence-corrected chi connectivity index (χ1v) is 9.62. The van der Waals surface area contributed by atoms with Crippen LogP contribution in [0.2, 0.25) is 0 Å². The highest BCUT2D eigenvalue weighted by atomic mass is 32.1. The van der Waals surface area contributed by atoms with E-state index in [1.54, 1.807) is 0 Å². The van der Waals surface area contributed by atoms with Crippen molar-refractivity contribution in [2.24, 2.45) is 5.73 Å². The van der Waals surface area contributed by atoms with Crippen molar-refractivity contribution in [2.45, 2.75) is 12.2 Å². The largest absolute Gasteiger partial charge is 0.464 e. The number of carbonyl (C=O) groups is 2. The minimum absolute atomic E-state index is 0.00243. The maximum Gasteiger partial charge on any atom is 0.419 e. The summed E-state index contributed by atoms with van der Waals surface area (Å²) in [7, 11) is 1.22. The summed E-state index contributed by atoms with van der Waals surface area (Å²) >= 11 is 1.12. The Labute approximate surface area is 177 Å². The molecule has 0 fully saturated rings. The Kier molecular flexibility index (Phi) is 6.41. The molecule has 0 radical (unpaired) electrons. The Morgan fingerprint density at radius 1 is 1.29 bits per heavy atom. The number of ether oxygens (including phenoxy) is 1. The molecule has 0 saturated heterocycles. The smallest absolute Gasteiger partial charge is 0.419 e. The van der Waals surface area contributed by atoms with Gasteiger partial charge in [0.1, 0.15) is 16.5 Å². The van der Waals surface area contributed by atoms with Gasteiger partial charge in [-0.1, -0.05) is 6.07 Å². The van der Waals surface area contributed by atoms with Crippen LogP contribution in [0.15, 0.2) is 35.7 Å². The number of thiazole rings is 1. The molecule has 0 aliphatic heterocycles. The van der Waals surface area contributed by atoms with Crippen LogP contribution >= 0.6 is 11.3 Å². The minimum Gasteiger partial charge on any atom is -0.464 e. The average Bonchev–Trinajstić information content (AvgIpc) is 3.40. The number of esters is 1. The molecule has 0 spiro atoms. The maximum absolute atomic E-state index is 13.8. The normalized spacial score (nSPS) is 12.5. The molecule has 1 amide bonds. The highest BCUT2D eigenvalue weighted by molar-refractivity contribution is 7.09. The number of benzene rings is 1. The van der Waals surface area contributed by atoms with Crippen molar-refractivity contribution in [3.63, 3.8) is 0 Å². The third-order valence-corrected chi connectivity index (χ3v) is 5.23. The number of nitrogens with two attached hydrogens (primary N) is 1. The molecule has 4 N–H and O–H groups in total. The van der Waals surface area contributed by atoms with Crippen LogP contribution in [0.4, 0.5) is 17.6 Å². The van der Waals surface area contributed by atoms with Gasteiger partial charge in [0, 0.05) is 23.2 Å². The Morgan fingerprint density at radius 2 is 2.03 bits per heavy atom. The van der Waals surface area contributed by atoms with Gasteiger partial charge in [0.15, 0.2) is 5.69 Å². The van der Waals surface area contributed by atoms with Gasteiger partial charge in [0.05, 0.1) is 18.7 Å². The van der Waals surface area contributed by atoms with Gasteiger partial charge in [-0.05, 0) is 24.3 Å². The van der Waals surface area contributed by atoms with Gasteiger partial charge in [-0.3, -0.25) is 4.79 Å². The van der Waals surface area contributed by atoms with Crippen LogP contribution in [-0.2, 0) is 10.9 Å². The third kappa shape index (κ3) is 4.91. The van der Waals surface area contributed by atoms with Crippen LogP contribution in [0.25, 0.3) is 11.3 Å². The summed E-state index contributed by atoms with van der Waals surface area (Å²) in [5.74, 6) is -2.61. The third-order valence-electron chi connectivity index (χ3n) is 4.27. The van der Waals surface area contributed by atoms with Gasteiger partial charge in [-0.2, -0.15) is 13.2 Å². The summed E-state index contributed by atoms with van der Waals surface area (Å²) in [6.07, 6.45) is -4.80. The fourth-order valence-corrected chi connectivity index (χ4v) is 3.56. The quantitative estimate of drug-likeness (QED) is 0.388. The van der Waals surface area contributed by atoms with Crippen LogP contribution in [0, 0.1) is 5.82 Å². The van der Waals surface area contributed by atoms with E-state index in [1.807, 2.05) is 0 Å². The molecular formula is C19H16F4N4O3S. The molecule has 0 bridgehead atoms. The van der Waals surface area contributed by atoms with Gasteiger partial charge in [-0.25, -0.2) is 14.2 Å². The molecule has 0 aliphatic carbocycles. The molecule has 0 unspecified atom stereocenters. The highest BCUT2D eigenvalue weighted by Gasteiger charge is 2.34. The molecular weight excluding hydrogens is 440 g/mol. The molecule has 0 aliphatic rings. The number of aromatic nitrogens is 2. The number of amides is 1. The van der Waals surface area contributed by atoms with E-state index in [0.29, 0.717) is 11.1 Å². The standard InChI is InChI=1S/C19H16F4N4O3S/c1-30-18(29)15-8-31-17(27-15)14(7-24)26-16(28)13-5-4-12(25-13)9-2-3-10(11(20)6-9)19(21,22)23/h2-6,8,14,25H,7,24H2,1H3,(H,26,28)/t14-/m1/s1. The summed E-state index contributed by atoms with van der Waals surface area (Å²) in [6, 6.07) is 4.63. The zero-order valence-electron chi connectivity index (χ0n) is 15.9. The van der Waals surface area contributed by atoms with E-state index in [9.17, 15) is 27.2 Å². The number of halogens is 4. The lowest BCUT2D eigenvalue weighted by Gasteiger charge is -2.13. The summed E-state index contributed by atoms with van der Waals surface area (Å²) in [5, 5.41) is 4.52. The van der Waals surface area contributed by atoms with Crippen LogP contribution in [0.1, 0.15) is 37.6 Å². The fraction of sp³-hybridized carbons (Fsp3) is 0.211. The first-order chi connectivity index (χ1) is 14.6. The number of aromatic amines is 1. The van der Waals surface area contributed by atoms with Crippen molar-refractivity contribution in [3.8, 4) is 11.3 Å². The minimum atomic E-state index is -4.80. The van der Waals surface area contributed by atoms with Crippen molar-refractivity contribution in [1.82, 2.24) is 15.3 Å². The number of nitrogens with one attached hydrogen (secondary N) is 2. The Bertz CT molecular complexity index is 1110. The van der Waals surface area contributed by atoms with Gasteiger partial charge in [0.2, 0.25) is 0 Å². The average molecular weight is 456 g/mol. The van der Waals surface area contributed by atoms with E-state index in [-0.39, 0.29) is 29.2 Å². The van der Waals surface area contributed by atoms with Crippen LogP contribution in [0.5, 0.6) is 0 Å². The molecule has 3 rings (SSSR count). The van der Waals surface area contributed by atoms with Crippen molar-refractivity contribution >= 4 is 23.2 Å². The lowest BCUT2D eigenvalue weighted by Crippen LogP contribution is -2.33. The van der Waals surface area contributed by atoms with E-state index in [0.717, 1.165) is 23.5 Å². The van der Waals surface area contributed by atoms with Gasteiger partial charge < -0.3 is 20.8 Å². The molecule has 0 saturated carbocycles. The highest BCUT2D eigenvalue weighted by Crippen LogP contribution is 2.33. The summed E-state index contributed by atoms with van der Waals surface area (Å²) in [4.78, 5) is 30.9. The lowest BCUT2D eigenvalue weighted by atomic mass is 10.1. The van der Waals surface area contributed by atoms with Crippen molar-refractivity contribution in [2.75, 3.05) is 13.7 Å². The fourth-order valence-electron chi connectivity index (χ4n) is 2.71. The van der Waals surface area contributed by atoms with Gasteiger partial charge in [0.25, 0.3) is 5.91 Å². The van der Waals surface area contributed by atoms with Gasteiger partial charge in [-0.15, -0.1) is 11.3 Å². The second-order valence-electron chi connectivity index (χ2n) is 6.30. The molecule has 3 aromatic rings. The van der Waals surface area contributed by atoms with Gasteiger partial charge >= 0.3 is 12.1 Å². The number of rotatable bonds is 6. The van der Waals surface area contributed by atoms with Crippen molar-refractivity contribution < 1.29 is 31.9 Å². The first-order valence-electron chi connectivity index (χ1n) is 8.74. The number of hydrogen-bond acceptors (Lipinski definition) is 6. The number of nitrogens with zero attached hydrogens (tertiary/aromatic N) is 1. The molecule has 7 nitrogen and oxygen atoms in total. The zero-order chi connectivity index (χ0) is 22.8. The number of H-pyrrole nitrogens is 1. The van der Waals surface area contributed by atoms with E-state index >= 15 is 0 Å². The Hall–Kier alpha value is -3.25. The summed E-state index contributed by atoms with van der Waals surface area (Å²) < 4.78 is 56.5. The topological polar surface area (TPSA) is 110 Å². The summed E-state index contributed by atoms with van der Waals surface area (Å²) in [6.45, 7) is -0.00243. The number of hydrogen-bond donors (Lipinski definition) is 3. The molecule has 164 valence electrons. The second-order valence-corrected chi connectivity index (χ2v) is 7.19. The first kappa shape index (κ1) is 22.4. The molecule has 2 heterocycles. The molecule has 31 heavy (non-hydrogen) atoms. The van der Waals surface area contributed by atoms with Crippen LogP contribution in [0.3, 0.4) is 0 Å². The molecule has 1 aromatic carbocycles. The number of methoxy groups -OCH3 is 1.